The first-order valence-corrected chi connectivity index (χ1v) is 3.69. The van der Waals surface area contributed by atoms with Crippen molar-refractivity contribution in [1.29, 1.82) is 0 Å². The van der Waals surface area contributed by atoms with E-state index in [0.717, 1.165) is 18.2 Å². The van der Waals surface area contributed by atoms with Gasteiger partial charge in [0.15, 0.2) is 0 Å². The Balaban J connectivity index is 3.16. The molecule has 0 spiro atoms. The van der Waals surface area contributed by atoms with Gasteiger partial charge in [0.1, 0.15) is 10.7 Å². The summed E-state index contributed by atoms with van der Waals surface area (Å²) in [7, 11) is 0. The van der Waals surface area contributed by atoms with Gasteiger partial charge in [-0.2, -0.15) is 0 Å². The summed E-state index contributed by atoms with van der Waals surface area (Å²) in [5, 5.41) is 9.86. The SMILES string of the molecule is O=C(c1ccccc1F)C(F)(F)[N+](=O)[O-]. The van der Waals surface area contributed by atoms with Gasteiger partial charge in [0.2, 0.25) is 0 Å². The lowest BCUT2D eigenvalue weighted by Crippen LogP contribution is -2.37. The first-order chi connectivity index (χ1) is 6.87. The second-order valence-corrected chi connectivity index (χ2v) is 2.61. The van der Waals surface area contributed by atoms with E-state index in [1.54, 1.807) is 0 Å². The molecule has 0 unspecified atom stereocenters. The van der Waals surface area contributed by atoms with Crippen LogP contribution in [0.5, 0.6) is 0 Å². The molecule has 0 aliphatic rings. The minimum Gasteiger partial charge on any atom is -0.279 e. The van der Waals surface area contributed by atoms with Crippen LogP contribution in [0.1, 0.15) is 10.4 Å². The molecule has 0 N–H and O–H groups in total. The summed E-state index contributed by atoms with van der Waals surface area (Å²) in [6.45, 7) is 0. The van der Waals surface area contributed by atoms with E-state index in [1.165, 1.54) is 6.07 Å². The predicted molar refractivity (Wildman–Crippen MR) is 42.7 cm³/mol. The van der Waals surface area contributed by atoms with E-state index >= 15 is 0 Å². The van der Waals surface area contributed by atoms with Crippen molar-refractivity contribution in [3.63, 3.8) is 0 Å². The van der Waals surface area contributed by atoms with E-state index in [1.807, 2.05) is 0 Å². The maximum Gasteiger partial charge on any atom is 0.577 e. The van der Waals surface area contributed by atoms with Gasteiger partial charge in [0, 0.05) is 0 Å². The maximum atomic E-state index is 12.9. The van der Waals surface area contributed by atoms with Gasteiger partial charge in [-0.05, 0) is 12.1 Å². The quantitative estimate of drug-likeness (QED) is 0.337. The molecule has 1 rings (SSSR count). The second-order valence-electron chi connectivity index (χ2n) is 2.61. The summed E-state index contributed by atoms with van der Waals surface area (Å²) in [6.07, 6.45) is 0. The number of nitro groups is 1. The van der Waals surface area contributed by atoms with Crippen molar-refractivity contribution >= 4 is 5.78 Å². The third kappa shape index (κ3) is 1.95. The molecule has 0 aliphatic carbocycles. The summed E-state index contributed by atoms with van der Waals surface area (Å²) in [4.78, 5) is 18.7. The number of carbonyl (C=O) groups is 1. The fourth-order valence-corrected chi connectivity index (χ4v) is 0.890. The van der Waals surface area contributed by atoms with Crippen LogP contribution in [0.25, 0.3) is 0 Å². The van der Waals surface area contributed by atoms with Gasteiger partial charge in [-0.15, -0.1) is 8.78 Å². The molecule has 1 aromatic rings. The van der Waals surface area contributed by atoms with Gasteiger partial charge < -0.3 is 0 Å². The molecule has 0 saturated carbocycles. The molecule has 0 heterocycles. The molecule has 0 radical (unpaired) electrons. The lowest BCUT2D eigenvalue weighted by atomic mass is 10.1. The largest absolute Gasteiger partial charge is 0.577 e. The Bertz CT molecular complexity index is 419. The highest BCUT2D eigenvalue weighted by molar-refractivity contribution is 6.00. The molecule has 0 bridgehead atoms. The first kappa shape index (κ1) is 11.2. The summed E-state index contributed by atoms with van der Waals surface area (Å²) in [5.41, 5.74) is -1.00. The first-order valence-electron chi connectivity index (χ1n) is 3.69. The molecule has 0 aliphatic heterocycles. The fraction of sp³-hybridized carbons (Fsp3) is 0.125. The van der Waals surface area contributed by atoms with E-state index in [9.17, 15) is 28.1 Å². The van der Waals surface area contributed by atoms with Crippen LogP contribution in [0, 0.1) is 15.9 Å². The molecular weight excluding hydrogens is 215 g/mol. The molecular formula is C8H4F3NO3. The highest BCUT2D eigenvalue weighted by Crippen LogP contribution is 2.22. The monoisotopic (exact) mass is 219 g/mol. The average molecular weight is 219 g/mol. The van der Waals surface area contributed by atoms with E-state index in [4.69, 9.17) is 0 Å². The van der Waals surface area contributed by atoms with Crippen molar-refractivity contribution < 1.29 is 22.9 Å². The van der Waals surface area contributed by atoms with Crippen LogP contribution in [0.3, 0.4) is 0 Å². The molecule has 1 aromatic carbocycles. The van der Waals surface area contributed by atoms with Gasteiger partial charge >= 0.3 is 11.8 Å². The fourth-order valence-electron chi connectivity index (χ4n) is 0.890. The lowest BCUT2D eigenvalue weighted by molar-refractivity contribution is -0.619. The van der Waals surface area contributed by atoms with Crippen LogP contribution in [0.4, 0.5) is 13.2 Å². The molecule has 0 aromatic heterocycles. The van der Waals surface area contributed by atoms with E-state index in [2.05, 4.69) is 0 Å². The Morgan fingerprint density at radius 2 is 1.87 bits per heavy atom. The van der Waals surface area contributed by atoms with Crippen LogP contribution in [0.2, 0.25) is 0 Å². The van der Waals surface area contributed by atoms with Gasteiger partial charge in [0.05, 0.1) is 5.56 Å². The number of nitrogens with zero attached hydrogens (tertiary/aromatic N) is 1. The van der Waals surface area contributed by atoms with Crippen LogP contribution < -0.4 is 0 Å². The Hall–Kier alpha value is -1.92. The standard InChI is InChI=1S/C8H4F3NO3/c9-6-4-2-1-3-5(6)7(13)8(10,11)12(14)15/h1-4H. The van der Waals surface area contributed by atoms with Crippen LogP contribution in [-0.2, 0) is 0 Å². The lowest BCUT2D eigenvalue weighted by Gasteiger charge is -2.05. The minimum atomic E-state index is -4.80. The van der Waals surface area contributed by atoms with Crippen molar-refractivity contribution in [3.8, 4) is 0 Å². The highest BCUT2D eigenvalue weighted by atomic mass is 19.3. The summed E-state index contributed by atoms with van der Waals surface area (Å²) in [5.74, 6) is -3.38. The average Bonchev–Trinajstić information content (AvgIpc) is 2.17. The molecule has 0 saturated heterocycles. The summed E-state index contributed by atoms with van der Waals surface area (Å²) in [6, 6.07) is -0.969. The topological polar surface area (TPSA) is 60.2 Å². The maximum absolute atomic E-state index is 12.9. The van der Waals surface area contributed by atoms with Crippen molar-refractivity contribution in [2.75, 3.05) is 0 Å². The number of ketones is 1. The van der Waals surface area contributed by atoms with E-state index in [-0.39, 0.29) is 0 Å². The Morgan fingerprint density at radius 3 is 2.33 bits per heavy atom. The van der Waals surface area contributed by atoms with Crippen molar-refractivity contribution in [3.05, 3.63) is 45.8 Å². The Kier molecular flexibility index (Phi) is 2.74. The highest BCUT2D eigenvalue weighted by Gasteiger charge is 2.54. The number of hydrogen-bond acceptors (Lipinski definition) is 3. The Labute approximate surface area is 81.5 Å². The zero-order valence-electron chi connectivity index (χ0n) is 7.12. The third-order valence-corrected chi connectivity index (χ3v) is 1.62. The second kappa shape index (κ2) is 3.68. The van der Waals surface area contributed by atoms with Gasteiger partial charge in [0.25, 0.3) is 0 Å². The van der Waals surface area contributed by atoms with Gasteiger partial charge in [-0.1, -0.05) is 12.1 Å². The molecule has 0 atom stereocenters. The van der Waals surface area contributed by atoms with Crippen molar-refractivity contribution in [1.82, 2.24) is 0 Å². The number of halogens is 3. The number of benzene rings is 1. The predicted octanol–water partition coefficient (Wildman–Crippen LogP) is 1.88. The third-order valence-electron chi connectivity index (χ3n) is 1.62. The number of rotatable bonds is 3. The van der Waals surface area contributed by atoms with Crippen molar-refractivity contribution in [2.45, 2.75) is 6.05 Å². The number of alkyl halides is 2. The van der Waals surface area contributed by atoms with Crippen molar-refractivity contribution in [2.24, 2.45) is 0 Å². The van der Waals surface area contributed by atoms with Crippen LogP contribution in [0.15, 0.2) is 24.3 Å². The van der Waals surface area contributed by atoms with Crippen LogP contribution >= 0.6 is 0 Å². The number of hydrogen-bond donors (Lipinski definition) is 0. The summed E-state index contributed by atoms with van der Waals surface area (Å²) >= 11 is 0. The van der Waals surface area contributed by atoms with E-state index in [0.29, 0.717) is 0 Å². The number of Topliss-reactive ketones (excluding diaryl/α,β-unsaturated/α-hetero) is 1. The zero-order valence-corrected chi connectivity index (χ0v) is 7.12. The summed E-state index contributed by atoms with van der Waals surface area (Å²) < 4.78 is 38.0. The molecule has 0 fully saturated rings. The molecule has 4 nitrogen and oxygen atoms in total. The molecule has 15 heavy (non-hydrogen) atoms. The molecule has 0 amide bonds. The van der Waals surface area contributed by atoms with E-state index < -0.39 is 28.1 Å². The molecule has 7 heteroatoms. The molecule has 80 valence electrons. The smallest absolute Gasteiger partial charge is 0.279 e. The minimum absolute atomic E-state index is 0.759. The Morgan fingerprint density at radius 1 is 1.33 bits per heavy atom. The van der Waals surface area contributed by atoms with Gasteiger partial charge in [-0.25, -0.2) is 4.39 Å². The number of carbonyl (C=O) groups excluding carboxylic acids is 1. The van der Waals surface area contributed by atoms with Gasteiger partial charge in [-0.3, -0.25) is 14.9 Å². The normalized spacial score (nSPS) is 11.1. The van der Waals surface area contributed by atoms with Crippen LogP contribution in [-0.4, -0.2) is 16.8 Å². The zero-order chi connectivity index (χ0) is 11.6.